The summed E-state index contributed by atoms with van der Waals surface area (Å²) in [6.45, 7) is 8.13. The van der Waals surface area contributed by atoms with Crippen molar-refractivity contribution in [3.05, 3.63) is 29.8 Å². The van der Waals surface area contributed by atoms with Crippen LogP contribution < -0.4 is 10.2 Å². The van der Waals surface area contributed by atoms with Gasteiger partial charge in [0.2, 0.25) is 0 Å². The zero-order valence-electron chi connectivity index (χ0n) is 13.7. The number of hydrogen-bond donors (Lipinski definition) is 1. The zero-order valence-corrected chi connectivity index (χ0v) is 16.1. The van der Waals surface area contributed by atoms with Gasteiger partial charge in [-0.25, -0.2) is 0 Å². The second kappa shape index (κ2) is 7.36. The van der Waals surface area contributed by atoms with Crippen LogP contribution in [-0.4, -0.2) is 74.7 Å². The minimum atomic E-state index is 0. The highest BCUT2D eigenvalue weighted by Gasteiger charge is 2.32. The molecule has 1 unspecified atom stereocenters. The van der Waals surface area contributed by atoms with Crippen LogP contribution in [0.25, 0.3) is 0 Å². The van der Waals surface area contributed by atoms with Crippen LogP contribution >= 0.6 is 24.0 Å². The van der Waals surface area contributed by atoms with Crippen molar-refractivity contribution in [3.8, 4) is 0 Å². The van der Waals surface area contributed by atoms with Gasteiger partial charge >= 0.3 is 0 Å². The molecule has 4 heterocycles. The number of rotatable bonds is 2. The molecule has 5 nitrogen and oxygen atoms in total. The first-order chi connectivity index (χ1) is 10.8. The van der Waals surface area contributed by atoms with Crippen LogP contribution in [0.1, 0.15) is 5.56 Å². The third kappa shape index (κ3) is 3.34. The Hall–Kier alpha value is -0.860. The maximum absolute atomic E-state index is 4.51. The maximum Gasteiger partial charge on any atom is 0.198 e. The van der Waals surface area contributed by atoms with Gasteiger partial charge in [-0.2, -0.15) is 0 Å². The molecular formula is C17H26IN5. The fraction of sp³-hybridized carbons (Fsp3) is 0.588. The van der Waals surface area contributed by atoms with Crippen LogP contribution in [0.5, 0.6) is 0 Å². The molecule has 4 aliphatic rings. The normalized spacial score (nSPS) is 29.2. The van der Waals surface area contributed by atoms with Crippen molar-refractivity contribution in [2.75, 3.05) is 57.8 Å². The molecule has 4 aliphatic heterocycles. The Balaban J connectivity index is 0.00000156. The van der Waals surface area contributed by atoms with Crippen molar-refractivity contribution < 1.29 is 0 Å². The molecule has 1 N–H and O–H groups in total. The Bertz CT molecular complexity index is 568. The highest BCUT2D eigenvalue weighted by Crippen LogP contribution is 2.27. The first-order valence-electron chi connectivity index (χ1n) is 8.37. The van der Waals surface area contributed by atoms with Gasteiger partial charge in [-0.3, -0.25) is 14.8 Å². The number of aliphatic imine (C=N–C) groups is 1. The van der Waals surface area contributed by atoms with E-state index in [1.165, 1.54) is 44.0 Å². The second-order valence-corrected chi connectivity index (χ2v) is 6.45. The smallest absolute Gasteiger partial charge is 0.198 e. The number of guanidine groups is 1. The number of hydrogen-bond acceptors (Lipinski definition) is 3. The Morgan fingerprint density at radius 1 is 1.17 bits per heavy atom. The summed E-state index contributed by atoms with van der Waals surface area (Å²) < 4.78 is 0. The average Bonchev–Trinajstić information content (AvgIpc) is 3.01. The standard InChI is InChI=1S/C17H25N5.HI/c1-18-17(22-7-6-14-4-2-3-5-16(14)22)19-12-15-13-20-8-10-21(15)11-9-20;/h2-5,15H,6-13H2,1H3,(H,18,19);1H. The van der Waals surface area contributed by atoms with E-state index in [0.717, 1.165) is 25.5 Å². The van der Waals surface area contributed by atoms with E-state index in [1.54, 1.807) is 0 Å². The van der Waals surface area contributed by atoms with Gasteiger partial charge in [0.05, 0.1) is 0 Å². The van der Waals surface area contributed by atoms with E-state index in [2.05, 4.69) is 49.3 Å². The topological polar surface area (TPSA) is 34.1 Å². The molecule has 0 aliphatic carbocycles. The van der Waals surface area contributed by atoms with E-state index in [0.29, 0.717) is 6.04 Å². The number of para-hydroxylation sites is 1. The molecule has 3 saturated heterocycles. The molecule has 1 aromatic carbocycles. The molecule has 6 heteroatoms. The van der Waals surface area contributed by atoms with Gasteiger partial charge < -0.3 is 10.2 Å². The molecule has 0 aromatic heterocycles. The lowest BCUT2D eigenvalue weighted by Crippen LogP contribution is -2.64. The Morgan fingerprint density at radius 3 is 2.65 bits per heavy atom. The minimum Gasteiger partial charge on any atom is -0.354 e. The van der Waals surface area contributed by atoms with Crippen LogP contribution in [0, 0.1) is 0 Å². The fourth-order valence-electron chi connectivity index (χ4n) is 3.98. The Morgan fingerprint density at radius 2 is 1.96 bits per heavy atom. The summed E-state index contributed by atoms with van der Waals surface area (Å²) in [6.07, 6.45) is 1.11. The van der Waals surface area contributed by atoms with Gasteiger partial charge in [0, 0.05) is 64.6 Å². The van der Waals surface area contributed by atoms with Crippen LogP contribution in [-0.2, 0) is 6.42 Å². The molecule has 23 heavy (non-hydrogen) atoms. The molecule has 1 aromatic rings. The number of benzene rings is 1. The maximum atomic E-state index is 4.51. The number of nitrogens with one attached hydrogen (secondary N) is 1. The molecule has 0 spiro atoms. The number of nitrogens with zero attached hydrogens (tertiary/aromatic N) is 4. The van der Waals surface area contributed by atoms with Crippen molar-refractivity contribution >= 4 is 35.6 Å². The van der Waals surface area contributed by atoms with Crippen molar-refractivity contribution in [2.24, 2.45) is 4.99 Å². The lowest BCUT2D eigenvalue weighted by molar-refractivity contribution is 0.0154. The number of halogens is 1. The molecule has 2 bridgehead atoms. The quantitative estimate of drug-likeness (QED) is 0.438. The van der Waals surface area contributed by atoms with E-state index in [1.807, 2.05) is 7.05 Å². The summed E-state index contributed by atoms with van der Waals surface area (Å²) in [5.74, 6) is 1.02. The van der Waals surface area contributed by atoms with Gasteiger partial charge in [0.15, 0.2) is 5.96 Å². The molecular weight excluding hydrogens is 401 g/mol. The third-order valence-electron chi connectivity index (χ3n) is 5.24. The van der Waals surface area contributed by atoms with E-state index in [4.69, 9.17) is 0 Å². The molecule has 3 fully saturated rings. The monoisotopic (exact) mass is 427 g/mol. The van der Waals surface area contributed by atoms with Gasteiger partial charge in [0.1, 0.15) is 0 Å². The molecule has 0 amide bonds. The van der Waals surface area contributed by atoms with Crippen LogP contribution in [0.15, 0.2) is 29.3 Å². The average molecular weight is 427 g/mol. The van der Waals surface area contributed by atoms with Crippen LogP contribution in [0.3, 0.4) is 0 Å². The molecule has 1 atom stereocenters. The summed E-state index contributed by atoms with van der Waals surface area (Å²) >= 11 is 0. The van der Waals surface area contributed by atoms with E-state index >= 15 is 0 Å². The predicted molar refractivity (Wildman–Crippen MR) is 106 cm³/mol. The highest BCUT2D eigenvalue weighted by atomic mass is 127. The van der Waals surface area contributed by atoms with Crippen molar-refractivity contribution in [1.29, 1.82) is 0 Å². The SMILES string of the molecule is CN=C(NCC1CN2CCN1CC2)N1CCc2ccccc21.I. The number of anilines is 1. The Kier molecular flexibility index (Phi) is 5.43. The third-order valence-corrected chi connectivity index (χ3v) is 5.24. The summed E-state index contributed by atoms with van der Waals surface area (Å²) in [5.41, 5.74) is 2.74. The van der Waals surface area contributed by atoms with Gasteiger partial charge in [-0.1, -0.05) is 18.2 Å². The Labute approximate surface area is 155 Å². The molecule has 0 saturated carbocycles. The summed E-state index contributed by atoms with van der Waals surface area (Å²) in [7, 11) is 1.89. The summed E-state index contributed by atoms with van der Waals surface area (Å²) in [6, 6.07) is 9.29. The predicted octanol–water partition coefficient (Wildman–Crippen LogP) is 1.24. The van der Waals surface area contributed by atoms with Gasteiger partial charge in [-0.05, 0) is 18.1 Å². The van der Waals surface area contributed by atoms with Crippen molar-refractivity contribution in [2.45, 2.75) is 12.5 Å². The van der Waals surface area contributed by atoms with Crippen LogP contribution in [0.2, 0.25) is 0 Å². The molecule has 5 rings (SSSR count). The largest absolute Gasteiger partial charge is 0.354 e. The zero-order chi connectivity index (χ0) is 14.9. The van der Waals surface area contributed by atoms with Crippen molar-refractivity contribution in [3.63, 3.8) is 0 Å². The lowest BCUT2D eigenvalue weighted by atomic mass is 10.1. The van der Waals surface area contributed by atoms with Crippen molar-refractivity contribution in [1.82, 2.24) is 15.1 Å². The van der Waals surface area contributed by atoms with E-state index < -0.39 is 0 Å². The van der Waals surface area contributed by atoms with Crippen LogP contribution in [0.4, 0.5) is 5.69 Å². The molecule has 126 valence electrons. The number of piperazine rings is 3. The highest BCUT2D eigenvalue weighted by molar-refractivity contribution is 14.0. The minimum absolute atomic E-state index is 0. The van der Waals surface area contributed by atoms with Gasteiger partial charge in [-0.15, -0.1) is 24.0 Å². The molecule has 0 radical (unpaired) electrons. The first-order valence-corrected chi connectivity index (χ1v) is 8.37. The fourth-order valence-corrected chi connectivity index (χ4v) is 3.98. The number of fused-ring (bicyclic) bond motifs is 4. The summed E-state index contributed by atoms with van der Waals surface area (Å²) in [4.78, 5) is 12.0. The van der Waals surface area contributed by atoms with E-state index in [9.17, 15) is 0 Å². The lowest BCUT2D eigenvalue weighted by Gasteiger charge is -2.47. The summed E-state index contributed by atoms with van der Waals surface area (Å²) in [5, 5.41) is 3.61. The second-order valence-electron chi connectivity index (χ2n) is 6.45. The van der Waals surface area contributed by atoms with E-state index in [-0.39, 0.29) is 24.0 Å². The van der Waals surface area contributed by atoms with Gasteiger partial charge in [0.25, 0.3) is 0 Å². The first kappa shape index (κ1) is 17.0.